The SMILES string of the molecule is C=C.C=C.Cc1ncc(C[n+]2csc(CCO)c2C)c(N)n1.[Cl-]. The predicted molar refractivity (Wildman–Crippen MR) is 92.8 cm³/mol. The first-order valence-corrected chi connectivity index (χ1v) is 7.65. The topological polar surface area (TPSA) is 75.9 Å². The largest absolute Gasteiger partial charge is 1.00 e. The number of aliphatic hydroxyl groups excluding tert-OH is 1. The molecule has 0 spiro atoms. The van der Waals surface area contributed by atoms with Crippen LogP contribution in [0.2, 0.25) is 0 Å². The fourth-order valence-corrected chi connectivity index (χ4v) is 2.75. The molecule has 2 aromatic heterocycles. The lowest BCUT2D eigenvalue weighted by Gasteiger charge is -2.01. The van der Waals surface area contributed by atoms with E-state index in [4.69, 9.17) is 10.8 Å². The van der Waals surface area contributed by atoms with E-state index in [1.165, 1.54) is 4.88 Å². The second kappa shape index (κ2) is 12.8. The highest BCUT2D eigenvalue weighted by molar-refractivity contribution is 7.09. The molecule has 0 unspecified atom stereocenters. The molecule has 5 nitrogen and oxygen atoms in total. The van der Waals surface area contributed by atoms with Crippen molar-refractivity contribution in [2.24, 2.45) is 0 Å². The minimum Gasteiger partial charge on any atom is -1.00 e. The van der Waals surface area contributed by atoms with Gasteiger partial charge in [0.1, 0.15) is 11.6 Å². The van der Waals surface area contributed by atoms with Gasteiger partial charge in [-0.2, -0.15) is 4.57 Å². The second-order valence-corrected chi connectivity index (χ2v) is 5.10. The van der Waals surface area contributed by atoms with Crippen molar-refractivity contribution in [1.82, 2.24) is 9.97 Å². The molecule has 0 atom stereocenters. The maximum absolute atomic E-state index is 8.98. The number of hydrogen-bond acceptors (Lipinski definition) is 5. The van der Waals surface area contributed by atoms with Crippen molar-refractivity contribution in [2.45, 2.75) is 26.8 Å². The Labute approximate surface area is 148 Å². The average Bonchev–Trinajstić information content (AvgIpc) is 2.88. The van der Waals surface area contributed by atoms with Crippen molar-refractivity contribution >= 4 is 17.2 Å². The normalized spacial score (nSPS) is 8.83. The molecule has 0 aliphatic rings. The predicted octanol–water partition coefficient (Wildman–Crippen LogP) is -0.784. The Morgan fingerprint density at radius 1 is 1.26 bits per heavy atom. The zero-order valence-electron chi connectivity index (χ0n) is 13.8. The fourth-order valence-electron chi connectivity index (χ4n) is 1.77. The average molecular weight is 357 g/mol. The fraction of sp³-hybridized carbons (Fsp3) is 0.312. The number of nitrogens with two attached hydrogens (primary N) is 1. The molecule has 0 aliphatic heterocycles. The number of nitrogens with zero attached hydrogens (tertiary/aromatic N) is 3. The monoisotopic (exact) mass is 356 g/mol. The minimum absolute atomic E-state index is 0. The summed E-state index contributed by atoms with van der Waals surface area (Å²) in [4.78, 5) is 9.53. The van der Waals surface area contributed by atoms with Crippen molar-refractivity contribution < 1.29 is 22.1 Å². The Kier molecular flexibility index (Phi) is 13.0. The quantitative estimate of drug-likeness (QED) is 0.556. The van der Waals surface area contributed by atoms with Gasteiger partial charge >= 0.3 is 0 Å². The molecule has 23 heavy (non-hydrogen) atoms. The van der Waals surface area contributed by atoms with E-state index in [0.717, 1.165) is 11.3 Å². The van der Waals surface area contributed by atoms with Crippen LogP contribution in [-0.2, 0) is 13.0 Å². The van der Waals surface area contributed by atoms with Crippen LogP contribution < -0.4 is 22.7 Å². The van der Waals surface area contributed by atoms with Gasteiger partial charge in [0.2, 0.25) is 5.51 Å². The number of thiazole rings is 1. The van der Waals surface area contributed by atoms with Gasteiger partial charge in [-0.15, -0.1) is 26.3 Å². The first-order valence-electron chi connectivity index (χ1n) is 6.77. The molecule has 2 aromatic rings. The van der Waals surface area contributed by atoms with E-state index in [-0.39, 0.29) is 19.0 Å². The van der Waals surface area contributed by atoms with Gasteiger partial charge in [0.15, 0.2) is 12.2 Å². The summed E-state index contributed by atoms with van der Waals surface area (Å²) in [5.41, 5.74) is 10.0. The van der Waals surface area contributed by atoms with Crippen molar-refractivity contribution in [2.75, 3.05) is 12.3 Å². The van der Waals surface area contributed by atoms with Gasteiger partial charge in [0.25, 0.3) is 0 Å². The van der Waals surface area contributed by atoms with E-state index < -0.39 is 0 Å². The van der Waals surface area contributed by atoms with Gasteiger partial charge in [-0.3, -0.25) is 0 Å². The third kappa shape index (κ3) is 6.90. The zero-order valence-corrected chi connectivity index (χ0v) is 15.3. The molecule has 0 radical (unpaired) electrons. The molecule has 0 fully saturated rings. The van der Waals surface area contributed by atoms with Crippen LogP contribution in [0.4, 0.5) is 5.82 Å². The third-order valence-corrected chi connectivity index (χ3v) is 4.00. The van der Waals surface area contributed by atoms with Gasteiger partial charge in [-0.1, -0.05) is 11.3 Å². The Morgan fingerprint density at radius 3 is 2.39 bits per heavy atom. The molecule has 0 aliphatic carbocycles. The first kappa shape index (κ1) is 23.5. The van der Waals surface area contributed by atoms with E-state index in [9.17, 15) is 0 Å². The van der Waals surface area contributed by atoms with Crippen LogP contribution in [0.15, 0.2) is 38.0 Å². The lowest BCUT2D eigenvalue weighted by atomic mass is 10.2. The number of anilines is 1. The minimum atomic E-state index is 0. The Hall–Kier alpha value is -1.76. The van der Waals surface area contributed by atoms with Crippen molar-refractivity contribution in [3.8, 4) is 0 Å². The lowest BCUT2D eigenvalue weighted by molar-refractivity contribution is -0.689. The molecule has 2 rings (SSSR count). The van der Waals surface area contributed by atoms with Gasteiger partial charge in [-0.05, 0) is 6.92 Å². The molecule has 0 saturated carbocycles. The third-order valence-electron chi connectivity index (χ3n) is 2.85. The second-order valence-electron chi connectivity index (χ2n) is 4.16. The highest BCUT2D eigenvalue weighted by Crippen LogP contribution is 2.13. The Morgan fingerprint density at radius 2 is 1.87 bits per heavy atom. The Balaban J connectivity index is 0. The highest BCUT2D eigenvalue weighted by atomic mass is 35.5. The van der Waals surface area contributed by atoms with Crippen LogP contribution in [0, 0.1) is 13.8 Å². The summed E-state index contributed by atoms with van der Waals surface area (Å²) in [5, 5.41) is 8.98. The van der Waals surface area contributed by atoms with E-state index in [1.807, 2.05) is 19.4 Å². The number of aryl methyl sites for hydroxylation is 1. The lowest BCUT2D eigenvalue weighted by Crippen LogP contribution is -3.00. The summed E-state index contributed by atoms with van der Waals surface area (Å²) in [5.74, 6) is 1.22. The zero-order chi connectivity index (χ0) is 17.1. The molecule has 0 bridgehead atoms. The molecule has 2 heterocycles. The molecule has 128 valence electrons. The van der Waals surface area contributed by atoms with Gasteiger partial charge < -0.3 is 23.2 Å². The number of hydrogen-bond donors (Lipinski definition) is 2. The van der Waals surface area contributed by atoms with E-state index in [2.05, 4.69) is 40.9 Å². The van der Waals surface area contributed by atoms with Crippen LogP contribution in [-0.4, -0.2) is 21.7 Å². The summed E-state index contributed by atoms with van der Waals surface area (Å²) < 4.78 is 2.11. The number of halogens is 1. The number of rotatable bonds is 4. The molecule has 3 N–H and O–H groups in total. The molecule has 0 saturated heterocycles. The standard InChI is InChI=1S/C12H17N4OS.2C2H4.ClH/c1-8-11(3-4-17)18-7-16(8)6-10-5-14-9(2)15-12(10)13;2*1-2;/h5,7,17H,3-4,6H2,1-2H3,(H2,13,14,15);2*1-2H2;1H/q+1;;;/p-1. The molecule has 7 heteroatoms. The van der Waals surface area contributed by atoms with E-state index in [0.29, 0.717) is 24.6 Å². The van der Waals surface area contributed by atoms with Crippen molar-refractivity contribution in [1.29, 1.82) is 0 Å². The number of aliphatic hydroxyl groups is 1. The summed E-state index contributed by atoms with van der Waals surface area (Å²) in [6.45, 7) is 16.7. The summed E-state index contributed by atoms with van der Waals surface area (Å²) >= 11 is 1.65. The molecule has 0 amide bonds. The Bertz CT molecular complexity index is 587. The number of aromatic nitrogens is 3. The van der Waals surface area contributed by atoms with E-state index >= 15 is 0 Å². The van der Waals surface area contributed by atoms with Gasteiger partial charge in [0.05, 0.1) is 10.4 Å². The van der Waals surface area contributed by atoms with E-state index in [1.54, 1.807) is 17.5 Å². The molecule has 0 aromatic carbocycles. The summed E-state index contributed by atoms with van der Waals surface area (Å²) in [6, 6.07) is 0. The number of nitrogen functional groups attached to an aromatic ring is 1. The molecular weight excluding hydrogens is 332 g/mol. The maximum atomic E-state index is 8.98. The smallest absolute Gasteiger partial charge is 0.225 e. The van der Waals surface area contributed by atoms with Gasteiger partial charge in [-0.25, -0.2) is 9.97 Å². The maximum Gasteiger partial charge on any atom is 0.225 e. The van der Waals surface area contributed by atoms with Crippen LogP contribution in [0.3, 0.4) is 0 Å². The summed E-state index contributed by atoms with van der Waals surface area (Å²) in [7, 11) is 0. The summed E-state index contributed by atoms with van der Waals surface area (Å²) in [6.07, 6.45) is 2.47. The van der Waals surface area contributed by atoms with Crippen LogP contribution in [0.5, 0.6) is 0 Å². The van der Waals surface area contributed by atoms with Crippen LogP contribution in [0.1, 0.15) is 22.0 Å². The van der Waals surface area contributed by atoms with Crippen molar-refractivity contribution in [3.63, 3.8) is 0 Å². The first-order chi connectivity index (χ1) is 10.6. The van der Waals surface area contributed by atoms with Crippen LogP contribution >= 0.6 is 11.3 Å². The molecular formula is C16H25ClN4OS. The highest BCUT2D eigenvalue weighted by Gasteiger charge is 2.16. The van der Waals surface area contributed by atoms with Crippen LogP contribution in [0.25, 0.3) is 0 Å². The van der Waals surface area contributed by atoms with Gasteiger partial charge in [0, 0.05) is 26.1 Å². The van der Waals surface area contributed by atoms with Crippen molar-refractivity contribution in [3.05, 3.63) is 60.0 Å².